The Balaban J connectivity index is 3.12. The molecule has 0 fully saturated rings. The third kappa shape index (κ3) is 1.54. The maximum absolute atomic E-state index is 10.2. The Morgan fingerprint density at radius 2 is 2.18 bits per heavy atom. The third-order valence-electron chi connectivity index (χ3n) is 1.52. The van der Waals surface area contributed by atoms with Gasteiger partial charge in [0, 0.05) is 5.19 Å². The number of aromatic amines is 1. The lowest BCUT2D eigenvalue weighted by Gasteiger charge is -2.12. The Labute approximate surface area is 66.0 Å². The molecule has 4 nitrogen and oxygen atoms in total. The summed E-state index contributed by atoms with van der Waals surface area (Å²) in [5.74, 6) is 0.393. The van der Waals surface area contributed by atoms with Crippen LogP contribution in [0.3, 0.4) is 0 Å². The Morgan fingerprint density at radius 1 is 1.55 bits per heavy atom. The van der Waals surface area contributed by atoms with Crippen molar-refractivity contribution in [1.82, 2.24) is 10.2 Å². The standard InChI is InChI=1S/C6H11N3OSi/c1-11(2,3)5-4-7-8-6(5)9-10/h4H,1-3H3,(H,7,8). The van der Waals surface area contributed by atoms with Gasteiger partial charge in [-0.25, -0.2) is 0 Å². The quantitative estimate of drug-likeness (QED) is 0.536. The van der Waals surface area contributed by atoms with E-state index in [1.165, 1.54) is 0 Å². The normalized spacial score (nSPS) is 11.5. The van der Waals surface area contributed by atoms with E-state index in [0.717, 1.165) is 5.19 Å². The lowest BCUT2D eigenvalue weighted by Crippen LogP contribution is -2.36. The van der Waals surface area contributed by atoms with Crippen molar-refractivity contribution in [2.24, 2.45) is 5.18 Å². The average Bonchev–Trinajstić information content (AvgIpc) is 2.31. The van der Waals surface area contributed by atoms with Gasteiger partial charge < -0.3 is 0 Å². The highest BCUT2D eigenvalue weighted by molar-refractivity contribution is 6.89. The predicted octanol–water partition coefficient (Wildman–Crippen LogP) is 1.35. The molecular formula is C6H11N3OSi. The molecule has 1 aromatic rings. The molecule has 1 heterocycles. The molecule has 0 aliphatic carbocycles. The van der Waals surface area contributed by atoms with Gasteiger partial charge in [-0.15, -0.1) is 4.91 Å². The molecule has 1 aromatic heterocycles. The highest BCUT2D eigenvalue weighted by Crippen LogP contribution is 2.10. The second-order valence-electron chi connectivity index (χ2n) is 3.47. The monoisotopic (exact) mass is 169 g/mol. The maximum atomic E-state index is 10.2. The minimum Gasteiger partial charge on any atom is -0.259 e. The highest BCUT2D eigenvalue weighted by Gasteiger charge is 2.22. The third-order valence-corrected chi connectivity index (χ3v) is 3.50. The zero-order chi connectivity index (χ0) is 8.48. The molecule has 5 heteroatoms. The van der Waals surface area contributed by atoms with Crippen molar-refractivity contribution in [3.8, 4) is 0 Å². The second kappa shape index (κ2) is 2.58. The smallest absolute Gasteiger partial charge is 0.191 e. The van der Waals surface area contributed by atoms with Crippen LogP contribution in [0.1, 0.15) is 0 Å². The van der Waals surface area contributed by atoms with Crippen molar-refractivity contribution in [2.75, 3.05) is 0 Å². The van der Waals surface area contributed by atoms with E-state index in [1.54, 1.807) is 6.20 Å². The first-order chi connectivity index (χ1) is 5.05. The topological polar surface area (TPSA) is 58.1 Å². The molecule has 1 N–H and O–H groups in total. The molecule has 0 saturated carbocycles. The van der Waals surface area contributed by atoms with Crippen LogP contribution < -0.4 is 5.19 Å². The summed E-state index contributed by atoms with van der Waals surface area (Å²) in [4.78, 5) is 10.2. The number of nitrogens with one attached hydrogen (secondary N) is 1. The molecule has 1 rings (SSSR count). The van der Waals surface area contributed by atoms with Gasteiger partial charge >= 0.3 is 0 Å². The van der Waals surface area contributed by atoms with Gasteiger partial charge in [0.15, 0.2) is 5.82 Å². The van der Waals surface area contributed by atoms with E-state index in [-0.39, 0.29) is 0 Å². The molecule has 0 unspecified atom stereocenters. The van der Waals surface area contributed by atoms with E-state index in [2.05, 4.69) is 35.0 Å². The fourth-order valence-corrected chi connectivity index (χ4v) is 2.16. The molecule has 11 heavy (non-hydrogen) atoms. The van der Waals surface area contributed by atoms with Crippen molar-refractivity contribution < 1.29 is 0 Å². The molecule has 0 aromatic carbocycles. The molecule has 0 bridgehead atoms. The molecule has 60 valence electrons. The summed E-state index contributed by atoms with van der Waals surface area (Å²) in [6, 6.07) is 0. The summed E-state index contributed by atoms with van der Waals surface area (Å²) in [6.07, 6.45) is 1.70. The van der Waals surface area contributed by atoms with Gasteiger partial charge in [-0.2, -0.15) is 5.10 Å². The SMILES string of the molecule is C[Si](C)(C)c1cn[nH]c1N=O. The van der Waals surface area contributed by atoms with E-state index in [1.807, 2.05) is 0 Å². The van der Waals surface area contributed by atoms with Gasteiger partial charge in [-0.3, -0.25) is 5.10 Å². The lowest BCUT2D eigenvalue weighted by atomic mass is 10.6. The van der Waals surface area contributed by atoms with E-state index < -0.39 is 8.07 Å². The van der Waals surface area contributed by atoms with Crippen LogP contribution in [-0.2, 0) is 0 Å². The van der Waals surface area contributed by atoms with Crippen LogP contribution in [-0.4, -0.2) is 18.3 Å². The summed E-state index contributed by atoms with van der Waals surface area (Å²) in [7, 11) is -1.43. The van der Waals surface area contributed by atoms with Crippen molar-refractivity contribution in [3.05, 3.63) is 11.1 Å². The summed E-state index contributed by atoms with van der Waals surface area (Å²) in [5, 5.41) is 10.2. The molecule has 0 aliphatic heterocycles. The highest BCUT2D eigenvalue weighted by atomic mass is 28.3. The van der Waals surface area contributed by atoms with Crippen LogP contribution in [0.15, 0.2) is 11.4 Å². The van der Waals surface area contributed by atoms with Gasteiger partial charge in [0.2, 0.25) is 0 Å². The van der Waals surface area contributed by atoms with Crippen molar-refractivity contribution in [1.29, 1.82) is 0 Å². The van der Waals surface area contributed by atoms with Crippen LogP contribution in [0.5, 0.6) is 0 Å². The van der Waals surface area contributed by atoms with Gasteiger partial charge in [-0.05, 0) is 5.18 Å². The summed E-state index contributed by atoms with van der Waals surface area (Å²) < 4.78 is 0. The van der Waals surface area contributed by atoms with E-state index in [9.17, 15) is 4.91 Å². The molecular weight excluding hydrogens is 158 g/mol. The Morgan fingerprint density at radius 3 is 2.55 bits per heavy atom. The summed E-state index contributed by atoms with van der Waals surface area (Å²) >= 11 is 0. The number of aromatic nitrogens is 2. The molecule has 0 saturated heterocycles. The summed E-state index contributed by atoms with van der Waals surface area (Å²) in [5.41, 5.74) is 0. The van der Waals surface area contributed by atoms with Crippen molar-refractivity contribution >= 4 is 19.1 Å². The first-order valence-electron chi connectivity index (χ1n) is 3.43. The number of H-pyrrole nitrogens is 1. The first kappa shape index (κ1) is 8.13. The average molecular weight is 169 g/mol. The lowest BCUT2D eigenvalue weighted by molar-refractivity contribution is 1.08. The van der Waals surface area contributed by atoms with Crippen molar-refractivity contribution in [2.45, 2.75) is 19.6 Å². The molecule has 0 atom stereocenters. The zero-order valence-electron chi connectivity index (χ0n) is 6.88. The Kier molecular flexibility index (Phi) is 1.90. The van der Waals surface area contributed by atoms with E-state index in [0.29, 0.717) is 5.82 Å². The first-order valence-corrected chi connectivity index (χ1v) is 6.93. The number of hydrogen-bond acceptors (Lipinski definition) is 3. The fraction of sp³-hybridized carbons (Fsp3) is 0.500. The second-order valence-corrected chi connectivity index (χ2v) is 8.51. The van der Waals surface area contributed by atoms with E-state index >= 15 is 0 Å². The predicted molar refractivity (Wildman–Crippen MR) is 47.0 cm³/mol. The maximum Gasteiger partial charge on any atom is 0.191 e. The largest absolute Gasteiger partial charge is 0.259 e. The van der Waals surface area contributed by atoms with Crippen LogP contribution in [0.4, 0.5) is 5.82 Å². The minimum atomic E-state index is -1.43. The fourth-order valence-electron chi connectivity index (χ4n) is 0.898. The Bertz CT molecular complexity index is 263. The molecule has 0 spiro atoms. The number of nitroso groups, excluding NO2 is 1. The van der Waals surface area contributed by atoms with Crippen LogP contribution in [0.2, 0.25) is 19.6 Å². The van der Waals surface area contributed by atoms with Crippen molar-refractivity contribution in [3.63, 3.8) is 0 Å². The van der Waals surface area contributed by atoms with Crippen LogP contribution in [0, 0.1) is 4.91 Å². The molecule has 0 amide bonds. The molecule has 0 aliphatic rings. The van der Waals surface area contributed by atoms with Gasteiger partial charge in [0.25, 0.3) is 0 Å². The van der Waals surface area contributed by atoms with Gasteiger partial charge in [0.1, 0.15) is 0 Å². The zero-order valence-corrected chi connectivity index (χ0v) is 7.88. The summed E-state index contributed by atoms with van der Waals surface area (Å²) in [6.45, 7) is 6.44. The number of hydrogen-bond donors (Lipinski definition) is 1. The number of rotatable bonds is 2. The number of nitrogens with zero attached hydrogens (tertiary/aromatic N) is 2. The van der Waals surface area contributed by atoms with Gasteiger partial charge in [0.05, 0.1) is 14.3 Å². The van der Waals surface area contributed by atoms with Gasteiger partial charge in [-0.1, -0.05) is 19.6 Å². The Hall–Kier alpha value is -0.973. The minimum absolute atomic E-state index is 0.393. The molecule has 0 radical (unpaired) electrons. The van der Waals surface area contributed by atoms with Crippen LogP contribution in [0.25, 0.3) is 0 Å². The van der Waals surface area contributed by atoms with E-state index in [4.69, 9.17) is 0 Å². The van der Waals surface area contributed by atoms with Crippen LogP contribution >= 0.6 is 0 Å².